The predicted octanol–water partition coefficient (Wildman–Crippen LogP) is 0.718. The van der Waals surface area contributed by atoms with Crippen molar-refractivity contribution in [2.24, 2.45) is 5.73 Å². The number of amides is 1. The maximum Gasteiger partial charge on any atom is 0.239 e. The molecule has 0 fully saturated rings. The normalized spacial score (nSPS) is 9.94. The molecule has 0 spiro atoms. The highest BCUT2D eigenvalue weighted by atomic mass is 16.1. The van der Waals surface area contributed by atoms with E-state index in [1.807, 2.05) is 43.1 Å². The second kappa shape index (κ2) is 6.12. The van der Waals surface area contributed by atoms with Crippen LogP contribution in [0.3, 0.4) is 0 Å². The fraction of sp³-hybridized carbons (Fsp3) is 0.417. The zero-order chi connectivity index (χ0) is 12.0. The summed E-state index contributed by atoms with van der Waals surface area (Å²) < 4.78 is 0. The summed E-state index contributed by atoms with van der Waals surface area (Å²) in [6, 6.07) is 7.90. The lowest BCUT2D eigenvalue weighted by atomic mass is 10.2. The minimum atomic E-state index is 0.0351. The first kappa shape index (κ1) is 12.5. The Morgan fingerprint density at radius 2 is 2.00 bits per heavy atom. The van der Waals surface area contributed by atoms with E-state index in [0.717, 1.165) is 11.3 Å². The number of nitrogens with two attached hydrogens (primary N) is 1. The average Bonchev–Trinajstić information content (AvgIpc) is 2.29. The Morgan fingerprint density at radius 1 is 1.38 bits per heavy atom. The van der Waals surface area contributed by atoms with Crippen molar-refractivity contribution in [2.45, 2.75) is 13.5 Å². The zero-order valence-electron chi connectivity index (χ0n) is 9.86. The summed E-state index contributed by atoms with van der Waals surface area (Å²) >= 11 is 0. The van der Waals surface area contributed by atoms with Crippen molar-refractivity contribution in [3.63, 3.8) is 0 Å². The van der Waals surface area contributed by atoms with Crippen LogP contribution in [-0.4, -0.2) is 26.0 Å². The number of nitrogens with one attached hydrogen (secondary N) is 1. The summed E-state index contributed by atoms with van der Waals surface area (Å²) in [7, 11) is 1.90. The minimum Gasteiger partial charge on any atom is -0.365 e. The van der Waals surface area contributed by atoms with E-state index in [9.17, 15) is 4.79 Å². The third-order valence-electron chi connectivity index (χ3n) is 2.37. The molecule has 4 nitrogen and oxygen atoms in total. The molecule has 1 aromatic rings. The number of nitrogens with zero attached hydrogens (tertiary/aromatic N) is 1. The summed E-state index contributed by atoms with van der Waals surface area (Å²) in [5.74, 6) is 0.0351. The number of rotatable bonds is 5. The second-order valence-corrected chi connectivity index (χ2v) is 3.68. The van der Waals surface area contributed by atoms with Gasteiger partial charge < -0.3 is 16.0 Å². The molecule has 4 heteroatoms. The molecule has 0 bridgehead atoms. The number of likely N-dealkylation sites (N-methyl/N-ethyl adjacent to an activating group) is 2. The van der Waals surface area contributed by atoms with Crippen LogP contribution in [0.25, 0.3) is 0 Å². The van der Waals surface area contributed by atoms with Crippen LogP contribution in [0.2, 0.25) is 0 Å². The first-order valence-electron chi connectivity index (χ1n) is 5.44. The van der Waals surface area contributed by atoms with Crippen LogP contribution in [0.4, 0.5) is 5.69 Å². The highest BCUT2D eigenvalue weighted by Gasteiger charge is 2.05. The quantitative estimate of drug-likeness (QED) is 0.770. The molecule has 16 heavy (non-hydrogen) atoms. The summed E-state index contributed by atoms with van der Waals surface area (Å²) in [4.78, 5) is 13.3. The summed E-state index contributed by atoms with van der Waals surface area (Å²) in [6.07, 6.45) is 0. The molecule has 0 saturated carbocycles. The van der Waals surface area contributed by atoms with Crippen LogP contribution in [0.5, 0.6) is 0 Å². The predicted molar refractivity (Wildman–Crippen MR) is 66.3 cm³/mol. The summed E-state index contributed by atoms with van der Waals surface area (Å²) in [5.41, 5.74) is 7.63. The van der Waals surface area contributed by atoms with Crippen molar-refractivity contribution in [3.8, 4) is 0 Å². The molecule has 0 heterocycles. The van der Waals surface area contributed by atoms with Crippen LogP contribution in [0.15, 0.2) is 24.3 Å². The van der Waals surface area contributed by atoms with E-state index in [4.69, 9.17) is 5.73 Å². The van der Waals surface area contributed by atoms with Crippen molar-refractivity contribution in [1.82, 2.24) is 5.32 Å². The Kier molecular flexibility index (Phi) is 4.79. The molecule has 1 amide bonds. The Balaban J connectivity index is 2.58. The summed E-state index contributed by atoms with van der Waals surface area (Å²) in [5, 5.41) is 2.77. The smallest absolute Gasteiger partial charge is 0.239 e. The number of anilines is 1. The maximum atomic E-state index is 11.4. The first-order valence-corrected chi connectivity index (χ1v) is 5.44. The van der Waals surface area contributed by atoms with Gasteiger partial charge in [0.2, 0.25) is 5.91 Å². The Morgan fingerprint density at radius 3 is 2.50 bits per heavy atom. The van der Waals surface area contributed by atoms with Crippen LogP contribution in [0.1, 0.15) is 12.5 Å². The molecule has 0 aliphatic heterocycles. The zero-order valence-corrected chi connectivity index (χ0v) is 9.86. The fourth-order valence-corrected chi connectivity index (χ4v) is 1.45. The van der Waals surface area contributed by atoms with Crippen molar-refractivity contribution in [3.05, 3.63) is 29.8 Å². The van der Waals surface area contributed by atoms with Crippen molar-refractivity contribution in [2.75, 3.05) is 25.0 Å². The van der Waals surface area contributed by atoms with Crippen LogP contribution < -0.4 is 16.0 Å². The standard InChI is InChI=1S/C12H19N3O/c1-3-14-12(16)9-15(2)11-6-4-10(8-13)5-7-11/h4-7H,3,8-9,13H2,1-2H3,(H,14,16). The van der Waals surface area contributed by atoms with Gasteiger partial charge in [0.25, 0.3) is 0 Å². The van der Waals surface area contributed by atoms with Gasteiger partial charge in [0, 0.05) is 25.8 Å². The van der Waals surface area contributed by atoms with Gasteiger partial charge in [-0.15, -0.1) is 0 Å². The van der Waals surface area contributed by atoms with Crippen molar-refractivity contribution >= 4 is 11.6 Å². The lowest BCUT2D eigenvalue weighted by molar-refractivity contribution is -0.119. The molecule has 1 aromatic carbocycles. The van der Waals surface area contributed by atoms with Crippen molar-refractivity contribution < 1.29 is 4.79 Å². The molecule has 3 N–H and O–H groups in total. The van der Waals surface area contributed by atoms with Gasteiger partial charge >= 0.3 is 0 Å². The highest BCUT2D eigenvalue weighted by molar-refractivity contribution is 5.81. The molecule has 0 unspecified atom stereocenters. The van der Waals surface area contributed by atoms with Crippen molar-refractivity contribution in [1.29, 1.82) is 0 Å². The average molecular weight is 221 g/mol. The topological polar surface area (TPSA) is 58.4 Å². The minimum absolute atomic E-state index is 0.0351. The number of carbonyl (C=O) groups excluding carboxylic acids is 1. The molecular weight excluding hydrogens is 202 g/mol. The van der Waals surface area contributed by atoms with E-state index in [-0.39, 0.29) is 5.91 Å². The van der Waals surface area contributed by atoms with E-state index in [1.165, 1.54) is 0 Å². The molecule has 0 aliphatic rings. The van der Waals surface area contributed by atoms with Gasteiger partial charge in [-0.05, 0) is 24.6 Å². The lowest BCUT2D eigenvalue weighted by Crippen LogP contribution is -2.34. The monoisotopic (exact) mass is 221 g/mol. The SMILES string of the molecule is CCNC(=O)CN(C)c1ccc(CN)cc1. The molecule has 0 radical (unpaired) electrons. The van der Waals surface area contributed by atoms with E-state index in [2.05, 4.69) is 5.32 Å². The fourth-order valence-electron chi connectivity index (χ4n) is 1.45. The van der Waals surface area contributed by atoms with Gasteiger partial charge in [0.15, 0.2) is 0 Å². The summed E-state index contributed by atoms with van der Waals surface area (Å²) in [6.45, 7) is 3.49. The largest absolute Gasteiger partial charge is 0.365 e. The van der Waals surface area contributed by atoms with Gasteiger partial charge in [-0.25, -0.2) is 0 Å². The first-order chi connectivity index (χ1) is 7.67. The Bertz CT molecular complexity index is 335. The van der Waals surface area contributed by atoms with E-state index in [1.54, 1.807) is 0 Å². The maximum absolute atomic E-state index is 11.4. The van der Waals surface area contributed by atoms with Gasteiger partial charge in [-0.1, -0.05) is 12.1 Å². The van der Waals surface area contributed by atoms with Gasteiger partial charge in [-0.3, -0.25) is 4.79 Å². The number of hydrogen-bond acceptors (Lipinski definition) is 3. The van der Waals surface area contributed by atoms with Crippen LogP contribution >= 0.6 is 0 Å². The molecule has 1 rings (SSSR count). The van der Waals surface area contributed by atoms with Gasteiger partial charge in [-0.2, -0.15) is 0 Å². The van der Waals surface area contributed by atoms with E-state index >= 15 is 0 Å². The number of carbonyl (C=O) groups is 1. The third-order valence-corrected chi connectivity index (χ3v) is 2.37. The number of benzene rings is 1. The van der Waals surface area contributed by atoms with Gasteiger partial charge in [0.05, 0.1) is 6.54 Å². The molecule has 0 aliphatic carbocycles. The van der Waals surface area contributed by atoms with E-state index < -0.39 is 0 Å². The second-order valence-electron chi connectivity index (χ2n) is 3.68. The highest BCUT2D eigenvalue weighted by Crippen LogP contribution is 2.12. The number of hydrogen-bond donors (Lipinski definition) is 2. The molecular formula is C12H19N3O. The van der Waals surface area contributed by atoms with Crippen LogP contribution in [0, 0.1) is 0 Å². The molecule has 0 saturated heterocycles. The lowest BCUT2D eigenvalue weighted by Gasteiger charge is -2.18. The molecule has 0 aromatic heterocycles. The Labute approximate surface area is 96.4 Å². The molecule has 0 atom stereocenters. The third kappa shape index (κ3) is 3.55. The van der Waals surface area contributed by atoms with E-state index in [0.29, 0.717) is 19.6 Å². The Hall–Kier alpha value is -1.55. The van der Waals surface area contributed by atoms with Crippen LogP contribution in [-0.2, 0) is 11.3 Å². The molecule has 88 valence electrons. The van der Waals surface area contributed by atoms with Gasteiger partial charge in [0.1, 0.15) is 0 Å².